The van der Waals surface area contributed by atoms with Crippen molar-refractivity contribution < 1.29 is 42.9 Å². The fraction of sp³-hybridized carbons (Fsp3) is 0.391. The van der Waals surface area contributed by atoms with Gasteiger partial charge in [0.2, 0.25) is 5.78 Å². The van der Waals surface area contributed by atoms with Crippen LogP contribution in [-0.4, -0.2) is 61.3 Å². The Labute approximate surface area is 211 Å². The lowest BCUT2D eigenvalue weighted by atomic mass is 10.1. The average Bonchev–Trinajstić information content (AvgIpc) is 3.17. The van der Waals surface area contributed by atoms with Crippen LogP contribution in [0.5, 0.6) is 11.5 Å². The molecule has 0 unspecified atom stereocenters. The fourth-order valence-corrected chi connectivity index (χ4v) is 3.39. The minimum Gasteiger partial charge on any atom is -0.481 e. The number of nitrogens with zero attached hydrogens (tertiary/aromatic N) is 1. The number of ether oxygens (including phenoxy) is 5. The number of carbonyl (C=O) groups excluding carboxylic acids is 4. The maximum absolute atomic E-state index is 13.7. The summed E-state index contributed by atoms with van der Waals surface area (Å²) in [6.07, 6.45) is 1.38. The third kappa shape index (κ3) is 7.90. The third-order valence-electron chi connectivity index (χ3n) is 4.29. The van der Waals surface area contributed by atoms with E-state index in [4.69, 9.17) is 46.9 Å². The molecular formula is C23H25Cl2NO9. The Morgan fingerprint density at radius 3 is 2.00 bits per heavy atom. The molecule has 0 N–H and O–H groups in total. The van der Waals surface area contributed by atoms with Crippen LogP contribution in [0.1, 0.15) is 36.8 Å². The van der Waals surface area contributed by atoms with E-state index in [1.807, 2.05) is 0 Å². The maximum Gasteiger partial charge on any atom is 0.344 e. The van der Waals surface area contributed by atoms with Gasteiger partial charge in [0.15, 0.2) is 19.0 Å². The van der Waals surface area contributed by atoms with Crippen LogP contribution >= 0.6 is 23.2 Å². The number of hydrogen-bond acceptors (Lipinski definition) is 9. The number of ketones is 1. The Kier molecular flexibility index (Phi) is 10.9. The normalized spacial score (nSPS) is 10.4. The lowest BCUT2D eigenvalue weighted by Crippen LogP contribution is -2.21. The molecule has 1 heterocycles. The second-order valence-corrected chi connectivity index (χ2v) is 7.59. The van der Waals surface area contributed by atoms with Crippen LogP contribution in [-0.2, 0) is 35.1 Å². The number of rotatable bonds is 13. The van der Waals surface area contributed by atoms with Gasteiger partial charge in [0.05, 0.1) is 35.6 Å². The highest BCUT2D eigenvalue weighted by atomic mass is 35.5. The van der Waals surface area contributed by atoms with E-state index < -0.39 is 36.9 Å². The molecule has 10 nitrogen and oxygen atoms in total. The zero-order valence-corrected chi connectivity index (χ0v) is 20.9. The molecule has 0 saturated heterocycles. The van der Waals surface area contributed by atoms with Gasteiger partial charge in [-0.2, -0.15) is 0 Å². The van der Waals surface area contributed by atoms with E-state index in [0.29, 0.717) is 0 Å². The van der Waals surface area contributed by atoms with Crippen LogP contribution in [0.3, 0.4) is 0 Å². The number of hydrogen-bond donors (Lipinski definition) is 0. The molecule has 0 bridgehead atoms. The van der Waals surface area contributed by atoms with E-state index in [2.05, 4.69) is 0 Å². The van der Waals surface area contributed by atoms with Crippen molar-refractivity contribution in [3.8, 4) is 11.5 Å². The zero-order chi connectivity index (χ0) is 26.0. The molecule has 12 heteroatoms. The Balaban J connectivity index is 2.52. The van der Waals surface area contributed by atoms with Crippen LogP contribution in [0, 0.1) is 0 Å². The molecule has 0 fully saturated rings. The molecule has 1 aromatic carbocycles. The molecule has 0 aliphatic carbocycles. The molecule has 0 radical (unpaired) electrons. The number of esters is 3. The van der Waals surface area contributed by atoms with Crippen LogP contribution < -0.4 is 9.47 Å². The van der Waals surface area contributed by atoms with Gasteiger partial charge in [-0.15, -0.1) is 0 Å². The maximum atomic E-state index is 13.7. The first kappa shape index (κ1) is 28.0. The third-order valence-corrected chi connectivity index (χ3v) is 4.79. The van der Waals surface area contributed by atoms with E-state index in [0.717, 1.165) is 0 Å². The lowest BCUT2D eigenvalue weighted by molar-refractivity contribution is -0.146. The summed E-state index contributed by atoms with van der Waals surface area (Å²) < 4.78 is 27.0. The molecule has 2 aromatic rings. The van der Waals surface area contributed by atoms with Crippen LogP contribution in [0.2, 0.25) is 10.0 Å². The van der Waals surface area contributed by atoms with Crippen LogP contribution in [0.25, 0.3) is 0 Å². The zero-order valence-electron chi connectivity index (χ0n) is 19.4. The predicted octanol–water partition coefficient (Wildman–Crippen LogP) is 3.47. The first-order valence-corrected chi connectivity index (χ1v) is 11.4. The summed E-state index contributed by atoms with van der Waals surface area (Å²) in [6, 6.07) is 4.09. The molecular weight excluding hydrogens is 505 g/mol. The summed E-state index contributed by atoms with van der Waals surface area (Å²) in [5, 5.41) is 0.179. The summed E-state index contributed by atoms with van der Waals surface area (Å²) >= 11 is 12.4. The highest BCUT2D eigenvalue weighted by molar-refractivity contribution is 6.33. The number of carbonyl (C=O) groups is 4. The van der Waals surface area contributed by atoms with Crippen molar-refractivity contribution in [2.75, 3.05) is 33.0 Å². The average molecular weight is 530 g/mol. The molecule has 0 atom stereocenters. The van der Waals surface area contributed by atoms with Crippen molar-refractivity contribution in [1.82, 2.24) is 4.57 Å². The number of benzene rings is 1. The Bertz CT molecular complexity index is 1080. The standard InChI is InChI=1S/C23H25Cl2NO9/c1-4-31-18(27)11-26-10-14(24)9-16(26)22(30)21-17(34-12-19(28)32-5-2)8-7-15(25)23(21)35-13-20(29)33-6-3/h7-10H,4-6,11-13H2,1-3H3. The molecule has 0 aliphatic rings. The Morgan fingerprint density at radius 2 is 1.40 bits per heavy atom. The number of halogens is 2. The lowest BCUT2D eigenvalue weighted by Gasteiger charge is -2.17. The molecule has 0 saturated carbocycles. The van der Waals surface area contributed by atoms with Crippen LogP contribution in [0.4, 0.5) is 0 Å². The van der Waals surface area contributed by atoms with Crippen molar-refractivity contribution in [3.63, 3.8) is 0 Å². The summed E-state index contributed by atoms with van der Waals surface area (Å²) in [7, 11) is 0. The molecule has 0 spiro atoms. The smallest absolute Gasteiger partial charge is 0.344 e. The van der Waals surface area contributed by atoms with Gasteiger partial charge in [-0.25, -0.2) is 9.59 Å². The first-order valence-electron chi connectivity index (χ1n) is 10.7. The van der Waals surface area contributed by atoms with Crippen molar-refractivity contribution in [3.05, 3.63) is 45.7 Å². The second kappa shape index (κ2) is 13.6. The molecule has 2 rings (SSSR count). The Hall–Kier alpha value is -3.24. The fourth-order valence-electron chi connectivity index (χ4n) is 2.96. The largest absolute Gasteiger partial charge is 0.481 e. The second-order valence-electron chi connectivity index (χ2n) is 6.74. The van der Waals surface area contributed by atoms with E-state index in [9.17, 15) is 19.2 Å². The van der Waals surface area contributed by atoms with Gasteiger partial charge in [0.25, 0.3) is 0 Å². The van der Waals surface area contributed by atoms with Gasteiger partial charge in [-0.3, -0.25) is 9.59 Å². The van der Waals surface area contributed by atoms with Gasteiger partial charge in [-0.1, -0.05) is 23.2 Å². The summed E-state index contributed by atoms with van der Waals surface area (Å²) in [5.41, 5.74) is -0.196. The van der Waals surface area contributed by atoms with E-state index >= 15 is 0 Å². The van der Waals surface area contributed by atoms with Crippen LogP contribution in [0.15, 0.2) is 24.4 Å². The SMILES string of the molecule is CCOC(=O)COc1ccc(Cl)c(OCC(=O)OCC)c1C(=O)c1cc(Cl)cn1CC(=O)OCC. The highest BCUT2D eigenvalue weighted by Crippen LogP contribution is 2.38. The van der Waals surface area contributed by atoms with Crippen molar-refractivity contribution >= 4 is 46.9 Å². The van der Waals surface area contributed by atoms with E-state index in [1.165, 1.54) is 29.0 Å². The summed E-state index contributed by atoms with van der Waals surface area (Å²) in [6.45, 7) is 4.01. The van der Waals surface area contributed by atoms with Crippen molar-refractivity contribution in [1.29, 1.82) is 0 Å². The monoisotopic (exact) mass is 529 g/mol. The summed E-state index contributed by atoms with van der Waals surface area (Å²) in [4.78, 5) is 49.4. The van der Waals surface area contributed by atoms with Gasteiger partial charge < -0.3 is 28.3 Å². The molecule has 35 heavy (non-hydrogen) atoms. The van der Waals surface area contributed by atoms with E-state index in [-0.39, 0.29) is 59.2 Å². The van der Waals surface area contributed by atoms with Crippen molar-refractivity contribution in [2.45, 2.75) is 27.3 Å². The molecule has 190 valence electrons. The van der Waals surface area contributed by atoms with Gasteiger partial charge in [-0.05, 0) is 39.0 Å². The number of aromatic nitrogens is 1. The van der Waals surface area contributed by atoms with Gasteiger partial charge in [0.1, 0.15) is 17.9 Å². The van der Waals surface area contributed by atoms with Gasteiger partial charge >= 0.3 is 17.9 Å². The van der Waals surface area contributed by atoms with Crippen molar-refractivity contribution in [2.24, 2.45) is 0 Å². The molecule has 0 amide bonds. The topological polar surface area (TPSA) is 119 Å². The molecule has 0 aliphatic heterocycles. The molecule has 1 aromatic heterocycles. The quantitative estimate of drug-likeness (QED) is 0.218. The Morgan fingerprint density at radius 1 is 0.829 bits per heavy atom. The minimum absolute atomic E-state index is 0.00395. The minimum atomic E-state index is -0.693. The van der Waals surface area contributed by atoms with E-state index in [1.54, 1.807) is 20.8 Å². The van der Waals surface area contributed by atoms with Gasteiger partial charge in [0, 0.05) is 6.20 Å². The highest BCUT2D eigenvalue weighted by Gasteiger charge is 2.27. The summed E-state index contributed by atoms with van der Waals surface area (Å²) in [5.74, 6) is -2.87. The predicted molar refractivity (Wildman–Crippen MR) is 125 cm³/mol. The first-order chi connectivity index (χ1) is 16.7.